The first-order chi connectivity index (χ1) is 12.5. The molecule has 0 rings (SSSR count). The van der Waals surface area contributed by atoms with Crippen molar-refractivity contribution >= 4 is 42.3 Å². The summed E-state index contributed by atoms with van der Waals surface area (Å²) >= 11 is 3.79. The van der Waals surface area contributed by atoms with Gasteiger partial charge in [0, 0.05) is 12.2 Å². The third kappa shape index (κ3) is 9.21. The number of rotatable bonds is 12. The Balaban J connectivity index is 4.69. The molecule has 0 aromatic carbocycles. The van der Waals surface area contributed by atoms with Crippen molar-refractivity contribution in [2.75, 3.05) is 12.4 Å². The smallest absolute Gasteiger partial charge is 0.327 e. The van der Waals surface area contributed by atoms with Gasteiger partial charge >= 0.3 is 11.9 Å². The van der Waals surface area contributed by atoms with Crippen LogP contribution in [0, 0.1) is 0 Å². The van der Waals surface area contributed by atoms with E-state index in [1.165, 1.54) is 6.92 Å². The monoisotopic (exact) mass is 408 g/mol. The minimum Gasteiger partial charge on any atom is -0.481 e. The zero-order valence-electron chi connectivity index (χ0n) is 14.5. The molecule has 4 unspecified atom stereocenters. The number of hydrogen-bond acceptors (Lipinski definition) is 8. The van der Waals surface area contributed by atoms with Crippen molar-refractivity contribution in [3.63, 3.8) is 0 Å². The molecule has 0 fully saturated rings. The summed E-state index contributed by atoms with van der Waals surface area (Å²) in [6.45, 7) is 0.478. The quantitative estimate of drug-likeness (QED) is 0.152. The van der Waals surface area contributed by atoms with E-state index in [1.807, 2.05) is 0 Å². The molecule has 27 heavy (non-hydrogen) atoms. The van der Waals surface area contributed by atoms with Crippen molar-refractivity contribution in [3.8, 4) is 0 Å². The van der Waals surface area contributed by atoms with Gasteiger partial charge in [0.25, 0.3) is 0 Å². The molecule has 0 bridgehead atoms. The number of aliphatic hydroxyl groups excluding tert-OH is 1. The molecule has 0 aliphatic rings. The molecule has 0 saturated heterocycles. The van der Waals surface area contributed by atoms with Crippen molar-refractivity contribution < 1.29 is 39.3 Å². The van der Waals surface area contributed by atoms with Gasteiger partial charge in [0.2, 0.25) is 17.7 Å². The second-order valence-electron chi connectivity index (χ2n) is 5.59. The number of carbonyl (C=O) groups excluding carboxylic acids is 3. The lowest BCUT2D eigenvalue weighted by molar-refractivity contribution is -0.141. The van der Waals surface area contributed by atoms with E-state index >= 15 is 0 Å². The first-order valence-corrected chi connectivity index (χ1v) is 8.49. The van der Waals surface area contributed by atoms with Crippen molar-refractivity contribution in [3.05, 3.63) is 0 Å². The number of aliphatic hydroxyl groups is 1. The number of nitrogens with two attached hydrogens (primary N) is 1. The van der Waals surface area contributed by atoms with Gasteiger partial charge in [-0.3, -0.25) is 19.2 Å². The zero-order chi connectivity index (χ0) is 21.1. The molecule has 12 nitrogen and oxygen atoms in total. The van der Waals surface area contributed by atoms with Crippen LogP contribution in [0.5, 0.6) is 0 Å². The summed E-state index contributed by atoms with van der Waals surface area (Å²) in [5, 5.41) is 33.2. The summed E-state index contributed by atoms with van der Waals surface area (Å²) in [5.74, 6) is -5.15. The highest BCUT2D eigenvalue weighted by Gasteiger charge is 2.27. The molecule has 0 heterocycles. The highest BCUT2D eigenvalue weighted by molar-refractivity contribution is 7.80. The van der Waals surface area contributed by atoms with Crippen LogP contribution < -0.4 is 21.7 Å². The molecule has 0 aromatic rings. The van der Waals surface area contributed by atoms with Crippen LogP contribution >= 0.6 is 12.6 Å². The van der Waals surface area contributed by atoms with Gasteiger partial charge in [-0.15, -0.1) is 0 Å². The number of carboxylic acids is 2. The van der Waals surface area contributed by atoms with Crippen molar-refractivity contribution in [1.29, 1.82) is 0 Å². The molecule has 154 valence electrons. The maximum absolute atomic E-state index is 12.1. The summed E-state index contributed by atoms with van der Waals surface area (Å²) in [4.78, 5) is 57.1. The van der Waals surface area contributed by atoms with E-state index in [0.717, 1.165) is 0 Å². The van der Waals surface area contributed by atoms with Crippen LogP contribution in [0.4, 0.5) is 0 Å². The minimum absolute atomic E-state index is 0.161. The average molecular weight is 408 g/mol. The molecular weight excluding hydrogens is 384 g/mol. The van der Waals surface area contributed by atoms with Gasteiger partial charge in [0.15, 0.2) is 0 Å². The fourth-order valence-electron chi connectivity index (χ4n) is 1.74. The summed E-state index contributed by atoms with van der Waals surface area (Å²) in [7, 11) is 0. The highest BCUT2D eigenvalue weighted by Crippen LogP contribution is 1.97. The zero-order valence-corrected chi connectivity index (χ0v) is 15.4. The van der Waals surface area contributed by atoms with Gasteiger partial charge in [-0.1, -0.05) is 0 Å². The second kappa shape index (κ2) is 12.1. The standard InChI is InChI=1S/C14H24N4O8S/c1-6(11(22)18-9(5-27)14(25)26)16-13(24)8(4-19)17-12(23)7(15)2-3-10(20)21/h6-9,19,27H,2-5,15H2,1H3,(H,16,24)(H,17,23)(H,18,22)(H,20,21)(H,25,26). The number of hydrogen-bond donors (Lipinski definition) is 8. The van der Waals surface area contributed by atoms with E-state index in [0.29, 0.717) is 0 Å². The molecular formula is C14H24N4O8S. The molecule has 0 saturated carbocycles. The Morgan fingerprint density at radius 3 is 1.96 bits per heavy atom. The molecule has 4 atom stereocenters. The molecule has 8 N–H and O–H groups in total. The van der Waals surface area contributed by atoms with Crippen LogP contribution in [0.2, 0.25) is 0 Å². The number of carbonyl (C=O) groups is 5. The van der Waals surface area contributed by atoms with Crippen LogP contribution in [-0.2, 0) is 24.0 Å². The Kier molecular flexibility index (Phi) is 11.0. The molecule has 0 radical (unpaired) electrons. The van der Waals surface area contributed by atoms with Crippen LogP contribution in [0.3, 0.4) is 0 Å². The second-order valence-corrected chi connectivity index (χ2v) is 5.96. The number of aliphatic carboxylic acids is 2. The van der Waals surface area contributed by atoms with E-state index in [2.05, 4.69) is 28.6 Å². The van der Waals surface area contributed by atoms with Gasteiger partial charge < -0.3 is 37.0 Å². The van der Waals surface area contributed by atoms with Gasteiger partial charge in [-0.2, -0.15) is 12.6 Å². The Morgan fingerprint density at radius 2 is 1.52 bits per heavy atom. The van der Waals surface area contributed by atoms with E-state index < -0.39 is 60.4 Å². The van der Waals surface area contributed by atoms with Crippen molar-refractivity contribution in [1.82, 2.24) is 16.0 Å². The molecule has 0 aliphatic heterocycles. The number of thiol groups is 1. The van der Waals surface area contributed by atoms with Gasteiger partial charge in [-0.05, 0) is 13.3 Å². The molecule has 0 aromatic heterocycles. The Morgan fingerprint density at radius 1 is 0.963 bits per heavy atom. The van der Waals surface area contributed by atoms with E-state index in [9.17, 15) is 29.1 Å². The lowest BCUT2D eigenvalue weighted by Crippen LogP contribution is -2.57. The Hall–Kier alpha value is -2.38. The molecule has 3 amide bonds. The van der Waals surface area contributed by atoms with Crippen LogP contribution in [0.1, 0.15) is 19.8 Å². The third-order valence-electron chi connectivity index (χ3n) is 3.37. The fraction of sp³-hybridized carbons (Fsp3) is 0.643. The Bertz CT molecular complexity index is 573. The normalized spacial score (nSPS) is 15.0. The van der Waals surface area contributed by atoms with Gasteiger partial charge in [-0.25, -0.2) is 4.79 Å². The SMILES string of the molecule is CC(NC(=O)C(CO)NC(=O)C(N)CCC(=O)O)C(=O)NC(CS)C(=O)O. The van der Waals surface area contributed by atoms with Gasteiger partial charge in [0.1, 0.15) is 18.1 Å². The number of carboxylic acid groups (broad SMARTS) is 2. The maximum atomic E-state index is 12.1. The number of amides is 3. The first-order valence-electron chi connectivity index (χ1n) is 7.86. The first kappa shape index (κ1) is 24.6. The summed E-state index contributed by atoms with van der Waals surface area (Å²) < 4.78 is 0. The average Bonchev–Trinajstić information content (AvgIpc) is 2.60. The van der Waals surface area contributed by atoms with Crippen LogP contribution in [-0.4, -0.2) is 81.5 Å². The summed E-state index contributed by atoms with van der Waals surface area (Å²) in [6, 6.07) is -5.04. The predicted octanol–water partition coefficient (Wildman–Crippen LogP) is -3.34. The van der Waals surface area contributed by atoms with Crippen molar-refractivity contribution in [2.24, 2.45) is 5.73 Å². The third-order valence-corrected chi connectivity index (χ3v) is 3.74. The summed E-state index contributed by atoms with van der Waals surface area (Å²) in [6.07, 6.45) is -0.516. The largest absolute Gasteiger partial charge is 0.481 e. The van der Waals surface area contributed by atoms with E-state index in [1.54, 1.807) is 0 Å². The lowest BCUT2D eigenvalue weighted by atomic mass is 10.1. The van der Waals surface area contributed by atoms with E-state index in [4.69, 9.17) is 15.9 Å². The van der Waals surface area contributed by atoms with Crippen LogP contribution in [0.25, 0.3) is 0 Å². The minimum atomic E-state index is -1.43. The molecule has 0 aliphatic carbocycles. The Labute approximate surface area is 160 Å². The van der Waals surface area contributed by atoms with Crippen LogP contribution in [0.15, 0.2) is 0 Å². The van der Waals surface area contributed by atoms with Crippen molar-refractivity contribution in [2.45, 2.75) is 43.9 Å². The van der Waals surface area contributed by atoms with E-state index in [-0.39, 0.29) is 18.6 Å². The molecule has 0 spiro atoms. The molecule has 13 heteroatoms. The highest BCUT2D eigenvalue weighted by atomic mass is 32.1. The summed E-state index contributed by atoms with van der Waals surface area (Å²) in [5.41, 5.74) is 5.50. The fourth-order valence-corrected chi connectivity index (χ4v) is 1.99. The topological polar surface area (TPSA) is 208 Å². The van der Waals surface area contributed by atoms with Gasteiger partial charge in [0.05, 0.1) is 12.6 Å². The lowest BCUT2D eigenvalue weighted by Gasteiger charge is -2.22. The predicted molar refractivity (Wildman–Crippen MR) is 94.9 cm³/mol. The number of nitrogens with one attached hydrogen (secondary N) is 3. The maximum Gasteiger partial charge on any atom is 0.327 e.